The molecule has 0 aliphatic rings. The van der Waals surface area contributed by atoms with Crippen LogP contribution in [0.2, 0.25) is 0 Å². The molecule has 6 nitrogen and oxygen atoms in total. The van der Waals surface area contributed by atoms with Gasteiger partial charge in [0, 0.05) is 11.0 Å². The maximum absolute atomic E-state index is 12.3. The normalized spacial score (nSPS) is 10.5. The summed E-state index contributed by atoms with van der Waals surface area (Å²) < 4.78 is 1.34. The number of carbonyl (C=O) groups is 1. The SMILES string of the molecule is O=C(CSc1ccccc1)Nc1cc(=O)[nH]c(=O)n1Cc1ccccc1. The first-order valence-electron chi connectivity index (χ1n) is 7.97. The zero-order valence-corrected chi connectivity index (χ0v) is 14.7. The number of hydrogen-bond donors (Lipinski definition) is 2. The Kier molecular flexibility index (Phi) is 5.70. The predicted molar refractivity (Wildman–Crippen MR) is 103 cm³/mol. The van der Waals surface area contributed by atoms with Crippen LogP contribution in [-0.4, -0.2) is 21.2 Å². The second-order valence-corrected chi connectivity index (χ2v) is 6.59. The molecule has 0 saturated carbocycles. The summed E-state index contributed by atoms with van der Waals surface area (Å²) >= 11 is 1.38. The van der Waals surface area contributed by atoms with Crippen molar-refractivity contribution in [2.45, 2.75) is 11.4 Å². The molecule has 26 heavy (non-hydrogen) atoms. The van der Waals surface area contributed by atoms with E-state index in [4.69, 9.17) is 0 Å². The number of amides is 1. The molecule has 0 atom stereocenters. The maximum atomic E-state index is 12.3. The molecular formula is C19H17N3O3S. The Labute approximate surface area is 153 Å². The second kappa shape index (κ2) is 8.35. The standard InChI is InChI=1S/C19H17N3O3S/c23-17-11-16(20-18(24)13-26-15-9-5-2-6-10-15)22(19(25)21-17)12-14-7-3-1-4-8-14/h1-11H,12-13H2,(H,20,24)(H,21,23,25). The number of benzene rings is 2. The van der Waals surface area contributed by atoms with E-state index >= 15 is 0 Å². The molecule has 0 aliphatic carbocycles. The number of anilines is 1. The summed E-state index contributed by atoms with van der Waals surface area (Å²) in [6.07, 6.45) is 0. The van der Waals surface area contributed by atoms with Gasteiger partial charge in [-0.3, -0.25) is 19.1 Å². The van der Waals surface area contributed by atoms with Gasteiger partial charge in [0.25, 0.3) is 5.56 Å². The van der Waals surface area contributed by atoms with E-state index in [1.165, 1.54) is 22.4 Å². The third-order valence-corrected chi connectivity index (χ3v) is 4.61. The lowest BCUT2D eigenvalue weighted by Gasteiger charge is -2.13. The molecule has 1 aromatic heterocycles. The number of nitrogens with one attached hydrogen (secondary N) is 2. The molecule has 132 valence electrons. The molecule has 2 aromatic carbocycles. The second-order valence-electron chi connectivity index (χ2n) is 5.55. The highest BCUT2D eigenvalue weighted by molar-refractivity contribution is 8.00. The minimum absolute atomic E-state index is 0.177. The van der Waals surface area contributed by atoms with Gasteiger partial charge in [0.1, 0.15) is 5.82 Å². The molecule has 1 heterocycles. The largest absolute Gasteiger partial charge is 0.330 e. The van der Waals surface area contributed by atoms with Crippen molar-refractivity contribution in [2.24, 2.45) is 0 Å². The van der Waals surface area contributed by atoms with E-state index in [2.05, 4.69) is 10.3 Å². The van der Waals surface area contributed by atoms with Crippen molar-refractivity contribution in [1.29, 1.82) is 0 Å². The van der Waals surface area contributed by atoms with Crippen LogP contribution in [0.25, 0.3) is 0 Å². The molecule has 1 amide bonds. The van der Waals surface area contributed by atoms with Crippen LogP contribution in [0.15, 0.2) is 81.2 Å². The molecular weight excluding hydrogens is 350 g/mol. The van der Waals surface area contributed by atoms with Gasteiger partial charge in [0.15, 0.2) is 0 Å². The summed E-state index contributed by atoms with van der Waals surface area (Å²) in [6, 6.07) is 20.1. The Morgan fingerprint density at radius 1 is 1.00 bits per heavy atom. The number of thioether (sulfide) groups is 1. The van der Waals surface area contributed by atoms with Gasteiger partial charge >= 0.3 is 5.69 Å². The van der Waals surface area contributed by atoms with Gasteiger partial charge in [-0.25, -0.2) is 4.79 Å². The summed E-state index contributed by atoms with van der Waals surface area (Å²) in [6.45, 7) is 0.248. The third kappa shape index (κ3) is 4.73. The highest BCUT2D eigenvalue weighted by Gasteiger charge is 2.11. The minimum Gasteiger partial charge on any atom is -0.311 e. The van der Waals surface area contributed by atoms with E-state index in [1.807, 2.05) is 60.7 Å². The molecule has 0 spiro atoms. The van der Waals surface area contributed by atoms with E-state index in [9.17, 15) is 14.4 Å². The summed E-state index contributed by atoms with van der Waals surface area (Å²) in [5.74, 6) is 0.0722. The zero-order valence-electron chi connectivity index (χ0n) is 13.8. The van der Waals surface area contributed by atoms with Crippen molar-refractivity contribution in [2.75, 3.05) is 11.1 Å². The average molecular weight is 367 g/mol. The van der Waals surface area contributed by atoms with Crippen molar-refractivity contribution in [3.05, 3.63) is 93.1 Å². The van der Waals surface area contributed by atoms with Crippen LogP contribution in [0.4, 0.5) is 5.82 Å². The predicted octanol–water partition coefficient (Wildman–Crippen LogP) is 2.32. The van der Waals surface area contributed by atoms with Gasteiger partial charge in [0.2, 0.25) is 5.91 Å². The Balaban J connectivity index is 1.77. The van der Waals surface area contributed by atoms with Crippen molar-refractivity contribution in [1.82, 2.24) is 9.55 Å². The molecule has 0 bridgehead atoms. The van der Waals surface area contributed by atoms with Crippen LogP contribution >= 0.6 is 11.8 Å². The van der Waals surface area contributed by atoms with Crippen LogP contribution < -0.4 is 16.6 Å². The van der Waals surface area contributed by atoms with Crippen LogP contribution in [0, 0.1) is 0 Å². The topological polar surface area (TPSA) is 84.0 Å². The fourth-order valence-corrected chi connectivity index (χ4v) is 3.11. The molecule has 0 unspecified atom stereocenters. The average Bonchev–Trinajstić information content (AvgIpc) is 2.64. The van der Waals surface area contributed by atoms with Gasteiger partial charge in [-0.1, -0.05) is 48.5 Å². The fourth-order valence-electron chi connectivity index (χ4n) is 2.39. The molecule has 3 rings (SSSR count). The zero-order chi connectivity index (χ0) is 18.4. The lowest BCUT2D eigenvalue weighted by molar-refractivity contribution is -0.113. The highest BCUT2D eigenvalue weighted by atomic mass is 32.2. The Morgan fingerprint density at radius 3 is 2.35 bits per heavy atom. The highest BCUT2D eigenvalue weighted by Crippen LogP contribution is 2.17. The van der Waals surface area contributed by atoms with Crippen molar-refractivity contribution in [3.63, 3.8) is 0 Å². The van der Waals surface area contributed by atoms with Crippen molar-refractivity contribution < 1.29 is 4.79 Å². The first-order valence-corrected chi connectivity index (χ1v) is 8.96. The Hall–Kier alpha value is -3.06. The maximum Gasteiger partial charge on any atom is 0.330 e. The number of H-pyrrole nitrogens is 1. The Morgan fingerprint density at radius 2 is 1.65 bits per heavy atom. The first-order chi connectivity index (χ1) is 12.6. The lowest BCUT2D eigenvalue weighted by Crippen LogP contribution is -2.33. The van der Waals surface area contributed by atoms with E-state index in [0.29, 0.717) is 0 Å². The number of nitrogens with zero attached hydrogens (tertiary/aromatic N) is 1. The fraction of sp³-hybridized carbons (Fsp3) is 0.105. The van der Waals surface area contributed by atoms with Crippen LogP contribution in [0.5, 0.6) is 0 Å². The molecule has 0 aliphatic heterocycles. The van der Waals surface area contributed by atoms with E-state index in [0.717, 1.165) is 10.5 Å². The number of aromatic amines is 1. The van der Waals surface area contributed by atoms with E-state index < -0.39 is 11.2 Å². The van der Waals surface area contributed by atoms with E-state index in [-0.39, 0.29) is 24.0 Å². The van der Waals surface area contributed by atoms with E-state index in [1.54, 1.807) is 0 Å². The number of rotatable bonds is 6. The Bertz CT molecular complexity index is 998. The summed E-state index contributed by atoms with van der Waals surface area (Å²) in [5.41, 5.74) is -0.228. The lowest BCUT2D eigenvalue weighted by atomic mass is 10.2. The van der Waals surface area contributed by atoms with Gasteiger partial charge < -0.3 is 5.32 Å². The smallest absolute Gasteiger partial charge is 0.311 e. The summed E-state index contributed by atoms with van der Waals surface area (Å²) in [5, 5.41) is 2.67. The molecule has 2 N–H and O–H groups in total. The van der Waals surface area contributed by atoms with Crippen LogP contribution in [-0.2, 0) is 11.3 Å². The number of aromatic nitrogens is 2. The van der Waals surface area contributed by atoms with Crippen LogP contribution in [0.1, 0.15) is 5.56 Å². The third-order valence-electron chi connectivity index (χ3n) is 3.60. The molecule has 0 saturated heterocycles. The minimum atomic E-state index is -0.563. The van der Waals surface area contributed by atoms with Gasteiger partial charge in [-0.2, -0.15) is 0 Å². The molecule has 3 aromatic rings. The first kappa shape index (κ1) is 17.8. The van der Waals surface area contributed by atoms with Gasteiger partial charge in [0.05, 0.1) is 12.3 Å². The quantitative estimate of drug-likeness (QED) is 0.655. The number of carbonyl (C=O) groups excluding carboxylic acids is 1. The molecule has 0 radical (unpaired) electrons. The summed E-state index contributed by atoms with van der Waals surface area (Å²) in [7, 11) is 0. The molecule has 7 heteroatoms. The van der Waals surface area contributed by atoms with Gasteiger partial charge in [-0.15, -0.1) is 11.8 Å². The monoisotopic (exact) mass is 367 g/mol. The van der Waals surface area contributed by atoms with Crippen LogP contribution in [0.3, 0.4) is 0 Å². The van der Waals surface area contributed by atoms with Crippen molar-refractivity contribution in [3.8, 4) is 0 Å². The van der Waals surface area contributed by atoms with Gasteiger partial charge in [-0.05, 0) is 17.7 Å². The summed E-state index contributed by atoms with van der Waals surface area (Å²) in [4.78, 5) is 39.3. The molecule has 0 fully saturated rings. The number of hydrogen-bond acceptors (Lipinski definition) is 4. The van der Waals surface area contributed by atoms with Crippen molar-refractivity contribution >= 4 is 23.5 Å².